The Morgan fingerprint density at radius 1 is 1.04 bits per heavy atom. The highest BCUT2D eigenvalue weighted by atomic mass is 35.5. The molecule has 0 heterocycles. The molecule has 2 rings (SSSR count). The molecule has 1 atom stereocenters. The van der Waals surface area contributed by atoms with Gasteiger partial charge < -0.3 is 15.7 Å². The highest BCUT2D eigenvalue weighted by Gasteiger charge is 2.55. The van der Waals surface area contributed by atoms with E-state index in [0.29, 0.717) is 10.6 Å². The third-order valence-electron chi connectivity index (χ3n) is 3.95. The average Bonchev–Trinajstić information content (AvgIpc) is 2.62. The lowest BCUT2D eigenvalue weighted by Gasteiger charge is -2.31. The highest BCUT2D eigenvalue weighted by molar-refractivity contribution is 6.40. The van der Waals surface area contributed by atoms with Crippen molar-refractivity contribution in [2.24, 2.45) is 0 Å². The summed E-state index contributed by atoms with van der Waals surface area (Å²) in [6.07, 6.45) is -5.07. The molecule has 5 nitrogen and oxygen atoms in total. The van der Waals surface area contributed by atoms with Crippen molar-refractivity contribution in [3.8, 4) is 0 Å². The van der Waals surface area contributed by atoms with Crippen LogP contribution in [0.25, 0.3) is 0 Å². The number of hydrogen-bond donors (Lipinski definition) is 3. The Morgan fingerprint density at radius 2 is 1.67 bits per heavy atom. The number of halogens is 4. The lowest BCUT2D eigenvalue weighted by Crippen LogP contribution is -2.52. The minimum absolute atomic E-state index is 0.247. The molecular weight excluding hydrogens is 385 g/mol. The van der Waals surface area contributed by atoms with E-state index in [0.717, 1.165) is 12.1 Å². The van der Waals surface area contributed by atoms with Gasteiger partial charge in [-0.05, 0) is 30.2 Å². The fourth-order valence-corrected chi connectivity index (χ4v) is 2.46. The molecule has 144 valence electrons. The Morgan fingerprint density at radius 3 is 2.26 bits per heavy atom. The molecule has 2 aromatic rings. The van der Waals surface area contributed by atoms with Gasteiger partial charge in [0.05, 0.1) is 6.54 Å². The maximum atomic E-state index is 13.4. The third-order valence-corrected chi connectivity index (χ3v) is 4.36. The zero-order valence-electron chi connectivity index (χ0n) is 14.1. The minimum Gasteiger partial charge on any atom is -0.375 e. The Kier molecular flexibility index (Phi) is 6.12. The molecule has 0 aliphatic carbocycles. The maximum absolute atomic E-state index is 13.4. The van der Waals surface area contributed by atoms with Gasteiger partial charge in [-0.3, -0.25) is 9.59 Å². The van der Waals surface area contributed by atoms with Crippen LogP contribution >= 0.6 is 11.6 Å². The highest BCUT2D eigenvalue weighted by Crippen LogP contribution is 2.38. The van der Waals surface area contributed by atoms with Gasteiger partial charge in [0.1, 0.15) is 0 Å². The van der Waals surface area contributed by atoms with Crippen molar-refractivity contribution >= 4 is 29.1 Å². The van der Waals surface area contributed by atoms with Gasteiger partial charge >= 0.3 is 18.0 Å². The van der Waals surface area contributed by atoms with E-state index >= 15 is 0 Å². The summed E-state index contributed by atoms with van der Waals surface area (Å²) >= 11 is 5.91. The lowest BCUT2D eigenvalue weighted by molar-refractivity contribution is -0.264. The number of carbonyl (C=O) groups is 2. The molecule has 0 aromatic heterocycles. The predicted molar refractivity (Wildman–Crippen MR) is 94.2 cm³/mol. The van der Waals surface area contributed by atoms with E-state index in [1.807, 2.05) is 5.32 Å². The zero-order chi connectivity index (χ0) is 20.2. The van der Waals surface area contributed by atoms with Crippen molar-refractivity contribution in [1.29, 1.82) is 0 Å². The first-order valence-electron chi connectivity index (χ1n) is 7.75. The molecule has 0 bridgehead atoms. The van der Waals surface area contributed by atoms with Crippen LogP contribution in [0, 0.1) is 6.92 Å². The van der Waals surface area contributed by atoms with E-state index < -0.39 is 35.7 Å². The molecule has 0 spiro atoms. The van der Waals surface area contributed by atoms with Crippen LogP contribution in [0.4, 0.5) is 18.9 Å². The van der Waals surface area contributed by atoms with Gasteiger partial charge in [-0.25, -0.2) is 0 Å². The van der Waals surface area contributed by atoms with Crippen LogP contribution in [0.1, 0.15) is 11.1 Å². The maximum Gasteiger partial charge on any atom is 0.423 e. The molecule has 27 heavy (non-hydrogen) atoms. The molecule has 0 saturated carbocycles. The van der Waals surface area contributed by atoms with E-state index in [9.17, 15) is 27.9 Å². The van der Waals surface area contributed by atoms with E-state index in [1.54, 1.807) is 19.1 Å². The summed E-state index contributed by atoms with van der Waals surface area (Å²) in [6, 6.07) is 10.9. The quantitative estimate of drug-likeness (QED) is 0.690. The van der Waals surface area contributed by atoms with Crippen LogP contribution in [-0.4, -0.2) is 29.6 Å². The number of amides is 2. The van der Waals surface area contributed by atoms with Crippen LogP contribution in [0.15, 0.2) is 48.5 Å². The fraction of sp³-hybridized carbons (Fsp3) is 0.222. The molecule has 3 N–H and O–H groups in total. The smallest absolute Gasteiger partial charge is 0.375 e. The molecule has 0 aliphatic heterocycles. The van der Waals surface area contributed by atoms with Crippen LogP contribution in [-0.2, 0) is 15.2 Å². The topological polar surface area (TPSA) is 78.4 Å². The van der Waals surface area contributed by atoms with Gasteiger partial charge in [0.15, 0.2) is 0 Å². The average molecular weight is 401 g/mol. The summed E-state index contributed by atoms with van der Waals surface area (Å²) in [5.41, 5.74) is -3.05. The molecule has 2 aromatic carbocycles. The number of hydrogen-bond acceptors (Lipinski definition) is 3. The van der Waals surface area contributed by atoms with E-state index in [1.165, 1.54) is 24.3 Å². The van der Waals surface area contributed by atoms with E-state index in [2.05, 4.69) is 5.32 Å². The van der Waals surface area contributed by atoms with Gasteiger partial charge in [0.2, 0.25) is 5.60 Å². The van der Waals surface area contributed by atoms with Gasteiger partial charge in [-0.15, -0.1) is 0 Å². The first-order valence-corrected chi connectivity index (χ1v) is 8.13. The van der Waals surface area contributed by atoms with Gasteiger partial charge in [0, 0.05) is 10.7 Å². The van der Waals surface area contributed by atoms with Crippen molar-refractivity contribution in [1.82, 2.24) is 5.32 Å². The Bertz CT molecular complexity index is 843. The van der Waals surface area contributed by atoms with E-state index in [-0.39, 0.29) is 5.69 Å². The molecular formula is C18H16ClF3N2O3. The summed E-state index contributed by atoms with van der Waals surface area (Å²) in [4.78, 5) is 23.9. The van der Waals surface area contributed by atoms with Crippen molar-refractivity contribution in [3.05, 3.63) is 64.7 Å². The molecule has 0 radical (unpaired) electrons. The first-order chi connectivity index (χ1) is 12.6. The Balaban J connectivity index is 2.12. The lowest BCUT2D eigenvalue weighted by atomic mass is 9.93. The number of alkyl halides is 3. The second-order valence-electron chi connectivity index (χ2n) is 5.77. The molecule has 2 amide bonds. The molecule has 0 fully saturated rings. The Labute approximate surface area is 158 Å². The van der Waals surface area contributed by atoms with Gasteiger partial charge in [0.25, 0.3) is 0 Å². The number of benzene rings is 2. The van der Waals surface area contributed by atoms with Crippen molar-refractivity contribution < 1.29 is 27.9 Å². The van der Waals surface area contributed by atoms with Crippen LogP contribution in [0.5, 0.6) is 0 Å². The first kappa shape index (κ1) is 20.7. The summed E-state index contributed by atoms with van der Waals surface area (Å²) in [6.45, 7) is 0.384. The summed E-state index contributed by atoms with van der Waals surface area (Å²) in [5.74, 6) is -2.51. The number of aliphatic hydroxyl groups is 1. The molecule has 0 saturated heterocycles. The van der Waals surface area contributed by atoms with Gasteiger partial charge in [-0.2, -0.15) is 13.2 Å². The number of rotatable bonds is 4. The van der Waals surface area contributed by atoms with Crippen molar-refractivity contribution in [3.63, 3.8) is 0 Å². The standard InChI is InChI=1S/C18H16ClF3N2O3/c1-11-13(19)8-5-9-14(11)24-16(26)15(25)23-10-17(27,18(20,21)22)12-6-3-2-4-7-12/h2-9,27H,10H2,1H3,(H,23,25)(H,24,26). The normalized spacial score (nSPS) is 13.6. The fourth-order valence-electron chi connectivity index (χ4n) is 2.29. The second-order valence-corrected chi connectivity index (χ2v) is 6.18. The van der Waals surface area contributed by atoms with Crippen molar-refractivity contribution in [2.75, 3.05) is 11.9 Å². The number of carbonyl (C=O) groups excluding carboxylic acids is 2. The predicted octanol–water partition coefficient (Wildman–Crippen LogP) is 3.15. The number of anilines is 1. The summed E-state index contributed by atoms with van der Waals surface area (Å²) in [5, 5.41) is 14.6. The van der Waals surface area contributed by atoms with Crippen LogP contribution < -0.4 is 10.6 Å². The molecule has 1 unspecified atom stereocenters. The summed E-state index contributed by atoms with van der Waals surface area (Å²) < 4.78 is 40.1. The number of nitrogens with one attached hydrogen (secondary N) is 2. The SMILES string of the molecule is Cc1c(Cl)cccc1NC(=O)C(=O)NCC(O)(c1ccccc1)C(F)(F)F. The zero-order valence-corrected chi connectivity index (χ0v) is 14.9. The molecule has 9 heteroatoms. The minimum atomic E-state index is -5.07. The van der Waals surface area contributed by atoms with Gasteiger partial charge in [-0.1, -0.05) is 48.0 Å². The van der Waals surface area contributed by atoms with Crippen molar-refractivity contribution in [2.45, 2.75) is 18.7 Å². The van der Waals surface area contributed by atoms with E-state index in [4.69, 9.17) is 11.6 Å². The Hall–Kier alpha value is -2.58. The largest absolute Gasteiger partial charge is 0.423 e. The van der Waals surface area contributed by atoms with Crippen LogP contribution in [0.3, 0.4) is 0 Å². The second kappa shape index (κ2) is 7.98. The monoisotopic (exact) mass is 400 g/mol. The third kappa shape index (κ3) is 4.58. The molecule has 0 aliphatic rings. The van der Waals surface area contributed by atoms with Crippen LogP contribution in [0.2, 0.25) is 5.02 Å². The summed E-state index contributed by atoms with van der Waals surface area (Å²) in [7, 11) is 0.